The first kappa shape index (κ1) is 26.3. The van der Waals surface area contributed by atoms with Crippen LogP contribution < -0.4 is 23.4 Å². The summed E-state index contributed by atoms with van der Waals surface area (Å²) in [7, 11) is -4.94. The van der Waals surface area contributed by atoms with Gasteiger partial charge in [-0.15, -0.1) is 10.2 Å². The van der Waals surface area contributed by atoms with Gasteiger partial charge in [-0.3, -0.25) is 0 Å². The molecule has 0 aliphatic carbocycles. The first-order chi connectivity index (χ1) is 16.8. The van der Waals surface area contributed by atoms with E-state index in [4.69, 9.17) is 27.8 Å². The fraction of sp³-hybridized carbons (Fsp3) is 0.179. The minimum atomic E-state index is -4.94. The first-order valence-corrected chi connectivity index (χ1v) is 12.5. The summed E-state index contributed by atoms with van der Waals surface area (Å²) >= 11 is 0. The monoisotopic (exact) mass is 494 g/mol. The molecule has 0 bridgehead atoms. The minimum absolute atomic E-state index is 0.767. The number of benzene rings is 3. The van der Waals surface area contributed by atoms with Crippen molar-refractivity contribution in [2.75, 3.05) is 6.61 Å². The lowest BCUT2D eigenvalue weighted by atomic mass is 9.99. The van der Waals surface area contributed by atoms with Gasteiger partial charge in [0.1, 0.15) is 5.75 Å². The van der Waals surface area contributed by atoms with E-state index < -0.39 is 10.2 Å². The largest absolute Gasteiger partial charge is 0.494 e. The van der Waals surface area contributed by atoms with Crippen LogP contribution in [0.2, 0.25) is 0 Å². The van der Waals surface area contributed by atoms with Crippen LogP contribution in [0.4, 0.5) is 0 Å². The number of ether oxygens (including phenoxy) is 1. The Labute approximate surface area is 207 Å². The Morgan fingerprint density at radius 3 is 1.80 bits per heavy atom. The highest BCUT2D eigenvalue weighted by atomic mass is 35.7. The Morgan fingerprint density at radius 1 is 0.657 bits per heavy atom. The Bertz CT molecular complexity index is 1150. The first-order valence-electron chi connectivity index (χ1n) is 11.3. The molecule has 0 spiro atoms. The molecule has 182 valence electrons. The van der Waals surface area contributed by atoms with Crippen molar-refractivity contribution < 1.29 is 38.0 Å². The van der Waals surface area contributed by atoms with E-state index in [-0.39, 0.29) is 0 Å². The van der Waals surface area contributed by atoms with Gasteiger partial charge < -0.3 is 4.74 Å². The molecule has 0 atom stereocenters. The van der Waals surface area contributed by atoms with Crippen LogP contribution in [0.1, 0.15) is 26.2 Å². The van der Waals surface area contributed by atoms with Gasteiger partial charge in [0.15, 0.2) is 0 Å². The summed E-state index contributed by atoms with van der Waals surface area (Å²) in [5.74, 6) is 2.64. The highest BCUT2D eigenvalue weighted by Gasteiger charge is 2.23. The van der Waals surface area contributed by atoms with E-state index in [1.165, 1.54) is 12.8 Å². The number of halogens is 1. The summed E-state index contributed by atoms with van der Waals surface area (Å²) < 4.78 is 46.3. The Hall–Kier alpha value is -3.26. The smallest absolute Gasteiger partial charge is 0.368 e. The maximum absolute atomic E-state index is 8.49. The molecular formula is C28H27ClO6. The fourth-order valence-corrected chi connectivity index (χ4v) is 3.50. The predicted octanol–water partition coefficient (Wildman–Crippen LogP) is 3.37. The van der Waals surface area contributed by atoms with E-state index >= 15 is 0 Å². The molecule has 6 nitrogen and oxygen atoms in total. The molecule has 0 fully saturated rings. The molecule has 0 saturated carbocycles. The molecule has 0 unspecified atom stereocenters. The lowest BCUT2D eigenvalue weighted by Gasteiger charge is -2.17. The van der Waals surface area contributed by atoms with Crippen molar-refractivity contribution >= 4 is 0 Å². The Kier molecular flexibility index (Phi) is 9.78. The van der Waals surface area contributed by atoms with Crippen LogP contribution in [0.15, 0.2) is 101 Å². The van der Waals surface area contributed by atoms with Gasteiger partial charge in [0.2, 0.25) is 0 Å². The molecule has 0 aliphatic heterocycles. The fourth-order valence-electron chi connectivity index (χ4n) is 3.50. The summed E-state index contributed by atoms with van der Waals surface area (Å²) in [4.78, 5) is 0. The summed E-state index contributed by atoms with van der Waals surface area (Å²) in [6.45, 7) is 2.97. The van der Waals surface area contributed by atoms with Gasteiger partial charge in [-0.05, 0) is 54.4 Å². The van der Waals surface area contributed by atoms with Gasteiger partial charge in [0, 0.05) is 6.07 Å². The van der Waals surface area contributed by atoms with Gasteiger partial charge in [0.05, 0.1) is 23.3 Å². The normalized spacial score (nSPS) is 10.9. The zero-order chi connectivity index (χ0) is 25.1. The maximum atomic E-state index is 8.49. The van der Waals surface area contributed by atoms with Crippen molar-refractivity contribution in [3.63, 3.8) is 0 Å². The molecule has 7 heteroatoms. The molecule has 3 aromatic carbocycles. The zero-order valence-corrected chi connectivity index (χ0v) is 20.1. The van der Waals surface area contributed by atoms with E-state index in [9.17, 15) is 0 Å². The van der Waals surface area contributed by atoms with E-state index in [0.29, 0.717) is 0 Å². The van der Waals surface area contributed by atoms with E-state index in [1.807, 2.05) is 54.6 Å². The van der Waals surface area contributed by atoms with Crippen LogP contribution in [0.3, 0.4) is 0 Å². The quantitative estimate of drug-likeness (QED) is 0.274. The van der Waals surface area contributed by atoms with Crippen LogP contribution >= 0.6 is 0 Å². The molecule has 0 N–H and O–H groups in total. The van der Waals surface area contributed by atoms with Gasteiger partial charge in [0.25, 0.3) is 0 Å². The maximum Gasteiger partial charge on any atom is 0.368 e. The Balaban J connectivity index is 0.000000623. The molecule has 0 aliphatic rings. The van der Waals surface area contributed by atoms with Crippen LogP contribution in [0, 0.1) is 10.2 Å². The second kappa shape index (κ2) is 13.0. The van der Waals surface area contributed by atoms with Gasteiger partial charge in [-0.2, -0.15) is 0 Å². The highest BCUT2D eigenvalue weighted by Crippen LogP contribution is 2.36. The average molecular weight is 495 g/mol. The van der Waals surface area contributed by atoms with Crippen LogP contribution in [-0.4, -0.2) is 6.61 Å². The molecule has 0 saturated heterocycles. The lowest BCUT2D eigenvalue weighted by molar-refractivity contribution is -2.00. The van der Waals surface area contributed by atoms with Crippen LogP contribution in [0.25, 0.3) is 33.8 Å². The molecule has 0 radical (unpaired) electrons. The summed E-state index contributed by atoms with van der Waals surface area (Å²) in [6.07, 6.45) is 3.50. The Morgan fingerprint density at radius 2 is 1.23 bits per heavy atom. The summed E-state index contributed by atoms with van der Waals surface area (Å²) in [5, 5.41) is 0. The number of hydrogen-bond donors (Lipinski definition) is 0. The third-order valence-corrected chi connectivity index (χ3v) is 5.13. The lowest BCUT2D eigenvalue weighted by Crippen LogP contribution is -2.68. The van der Waals surface area contributed by atoms with Crippen LogP contribution in [0.5, 0.6) is 5.75 Å². The average Bonchev–Trinajstić information content (AvgIpc) is 2.87. The molecule has 1 heterocycles. The van der Waals surface area contributed by atoms with Crippen molar-refractivity contribution in [2.24, 2.45) is 0 Å². The topological polar surface area (TPSA) is 113 Å². The molecule has 4 rings (SSSR count). The van der Waals surface area contributed by atoms with Gasteiger partial charge in [-0.1, -0.05) is 68.3 Å². The second-order valence-electron chi connectivity index (χ2n) is 7.73. The van der Waals surface area contributed by atoms with Crippen molar-refractivity contribution in [2.45, 2.75) is 26.2 Å². The number of unbranched alkanes of at least 4 members (excludes halogenated alkanes) is 2. The highest BCUT2D eigenvalue weighted by molar-refractivity contribution is 5.81. The second-order valence-corrected chi connectivity index (χ2v) is 8.49. The van der Waals surface area contributed by atoms with Crippen molar-refractivity contribution in [3.05, 3.63) is 97.1 Å². The van der Waals surface area contributed by atoms with E-state index in [0.717, 1.165) is 52.6 Å². The number of rotatable bonds is 8. The van der Waals surface area contributed by atoms with E-state index in [1.54, 1.807) is 0 Å². The number of hydrogen-bond acceptors (Lipinski definition) is 5. The van der Waals surface area contributed by atoms with Crippen LogP contribution in [-0.2, 0) is 0 Å². The van der Waals surface area contributed by atoms with Gasteiger partial charge >= 0.3 is 11.5 Å². The summed E-state index contributed by atoms with van der Waals surface area (Å²) in [5.41, 5.74) is 4.30. The molecular weight excluding hydrogens is 468 g/mol. The zero-order valence-electron chi connectivity index (χ0n) is 19.4. The third kappa shape index (κ3) is 8.79. The SMILES string of the molecule is CCCCCOc1ccc(-c2ccc(-c3ccccc3)[o+]c2-c2ccccc2)cc1.[O-][Cl+3]([O-])([O-])[O-]. The van der Waals surface area contributed by atoms with Crippen molar-refractivity contribution in [1.29, 1.82) is 0 Å². The summed E-state index contributed by atoms with van der Waals surface area (Å²) in [6, 6.07) is 33.0. The van der Waals surface area contributed by atoms with Crippen molar-refractivity contribution in [1.82, 2.24) is 0 Å². The van der Waals surface area contributed by atoms with E-state index in [2.05, 4.69) is 49.4 Å². The standard InChI is InChI=1S/C28H27O2.ClHO4/c1-2-3-10-21-29-25-17-15-22(16-18-25)26-19-20-27(23-11-6-4-7-12-23)30-28(26)24-13-8-5-9-14-24;2-1(3,4)5/h4-9,11-20H,2-3,10,21H2,1H3;(H,2,3,4,5)/q+1;/p-1. The minimum Gasteiger partial charge on any atom is -0.494 e. The van der Waals surface area contributed by atoms with Crippen molar-refractivity contribution in [3.8, 4) is 39.5 Å². The molecule has 35 heavy (non-hydrogen) atoms. The van der Waals surface area contributed by atoms with Gasteiger partial charge in [-0.25, -0.2) is 23.1 Å². The third-order valence-electron chi connectivity index (χ3n) is 5.13. The molecule has 0 amide bonds. The molecule has 4 aromatic rings. The molecule has 1 aromatic heterocycles. The predicted molar refractivity (Wildman–Crippen MR) is 124 cm³/mol.